The van der Waals surface area contributed by atoms with Crippen LogP contribution in [0, 0.1) is 11.3 Å². The van der Waals surface area contributed by atoms with Crippen molar-refractivity contribution in [2.75, 3.05) is 55.1 Å². The number of likely N-dealkylation sites (N-methyl/N-ethyl adjacent to an activating group) is 1. The number of nitriles is 1. The van der Waals surface area contributed by atoms with Crippen molar-refractivity contribution in [2.24, 2.45) is 4.99 Å². The molecule has 0 atom stereocenters. The zero-order chi connectivity index (χ0) is 23.5. The molecule has 34 heavy (non-hydrogen) atoms. The maximum atomic E-state index is 9.64. The lowest BCUT2D eigenvalue weighted by atomic mass is 10.1. The summed E-state index contributed by atoms with van der Waals surface area (Å²) >= 11 is 0. The van der Waals surface area contributed by atoms with Crippen LogP contribution in [0.3, 0.4) is 0 Å². The normalized spacial score (nSPS) is 16.1. The van der Waals surface area contributed by atoms with E-state index in [0.29, 0.717) is 18.2 Å². The highest BCUT2D eigenvalue weighted by atomic mass is 15.6. The van der Waals surface area contributed by atoms with Gasteiger partial charge in [0.15, 0.2) is 0 Å². The molecule has 2 aliphatic rings. The van der Waals surface area contributed by atoms with Crippen molar-refractivity contribution in [3.63, 3.8) is 0 Å². The van der Waals surface area contributed by atoms with Gasteiger partial charge < -0.3 is 15.1 Å². The predicted molar refractivity (Wildman–Crippen MR) is 135 cm³/mol. The van der Waals surface area contributed by atoms with Crippen LogP contribution in [0.15, 0.2) is 59.7 Å². The highest BCUT2D eigenvalue weighted by Gasteiger charge is 2.18. The minimum absolute atomic E-state index is 0.522. The third kappa shape index (κ3) is 4.63. The molecule has 0 aliphatic carbocycles. The summed E-state index contributed by atoms with van der Waals surface area (Å²) in [7, 11) is 2.13. The second-order valence-electron chi connectivity index (χ2n) is 8.50. The lowest BCUT2D eigenvalue weighted by molar-refractivity contribution is 0.313. The number of hydrogen-bond acceptors (Lipinski definition) is 9. The van der Waals surface area contributed by atoms with Crippen molar-refractivity contribution in [2.45, 2.75) is 6.92 Å². The van der Waals surface area contributed by atoms with Gasteiger partial charge in [-0.15, -0.1) is 0 Å². The minimum atomic E-state index is 0.522. The monoisotopic (exact) mass is 453 g/mol. The van der Waals surface area contributed by atoms with Gasteiger partial charge in [0.2, 0.25) is 5.95 Å². The molecule has 0 bridgehead atoms. The highest BCUT2D eigenvalue weighted by Crippen LogP contribution is 2.29. The molecule has 0 unspecified atom stereocenters. The van der Waals surface area contributed by atoms with E-state index in [1.165, 1.54) is 0 Å². The average Bonchev–Trinajstić information content (AvgIpc) is 3.31. The molecule has 5 rings (SSSR count). The Labute approximate surface area is 199 Å². The third-order valence-corrected chi connectivity index (χ3v) is 6.09. The van der Waals surface area contributed by atoms with Crippen molar-refractivity contribution >= 4 is 28.8 Å². The topological polar surface area (TPSA) is 95.7 Å². The van der Waals surface area contributed by atoms with Gasteiger partial charge >= 0.3 is 0 Å². The maximum Gasteiger partial charge on any atom is 0.227 e. The van der Waals surface area contributed by atoms with Crippen molar-refractivity contribution in [3.8, 4) is 17.3 Å². The lowest BCUT2D eigenvalue weighted by Gasteiger charge is -2.34. The Balaban J connectivity index is 1.34. The first kappa shape index (κ1) is 21.7. The second kappa shape index (κ2) is 9.37. The summed E-state index contributed by atoms with van der Waals surface area (Å²) in [6.07, 6.45) is 1.75. The van der Waals surface area contributed by atoms with Gasteiger partial charge in [-0.3, -0.25) is 10.4 Å². The second-order valence-corrected chi connectivity index (χ2v) is 8.50. The predicted octanol–water partition coefficient (Wildman–Crippen LogP) is 3.21. The van der Waals surface area contributed by atoms with Crippen LogP contribution in [0.4, 0.5) is 23.0 Å². The smallest absolute Gasteiger partial charge is 0.227 e. The Kier molecular flexibility index (Phi) is 5.97. The Hall–Kier alpha value is -4.16. The average molecular weight is 454 g/mol. The molecule has 2 N–H and O–H groups in total. The van der Waals surface area contributed by atoms with Gasteiger partial charge in [-0.1, -0.05) is 6.07 Å². The number of aromatic nitrogens is 2. The fourth-order valence-electron chi connectivity index (χ4n) is 4.12. The number of hydrogen-bond donors (Lipinski definition) is 2. The van der Waals surface area contributed by atoms with E-state index in [4.69, 9.17) is 4.98 Å². The number of nitrogens with zero attached hydrogens (tertiary/aromatic N) is 7. The molecule has 0 spiro atoms. The summed E-state index contributed by atoms with van der Waals surface area (Å²) in [5.41, 5.74) is 8.57. The molecule has 9 heteroatoms. The summed E-state index contributed by atoms with van der Waals surface area (Å²) in [6, 6.07) is 18.2. The van der Waals surface area contributed by atoms with Crippen LogP contribution in [0.25, 0.3) is 11.3 Å². The zero-order valence-electron chi connectivity index (χ0n) is 19.4. The van der Waals surface area contributed by atoms with Gasteiger partial charge in [0, 0.05) is 43.6 Å². The Morgan fingerprint density at radius 3 is 2.53 bits per heavy atom. The molecule has 0 amide bonds. The summed E-state index contributed by atoms with van der Waals surface area (Å²) in [4.78, 5) is 18.1. The summed E-state index contributed by atoms with van der Waals surface area (Å²) in [5.74, 6) is 1.43. The number of aliphatic imine (C=N–C) groups is 1. The van der Waals surface area contributed by atoms with Crippen LogP contribution in [-0.4, -0.2) is 60.6 Å². The lowest BCUT2D eigenvalue weighted by Crippen LogP contribution is -2.44. The van der Waals surface area contributed by atoms with Gasteiger partial charge in [-0.05, 0) is 56.4 Å². The fourth-order valence-corrected chi connectivity index (χ4v) is 4.12. The number of anilines is 4. The number of amidine groups is 1. The molecule has 1 saturated heterocycles. The van der Waals surface area contributed by atoms with E-state index >= 15 is 0 Å². The number of rotatable bonds is 5. The van der Waals surface area contributed by atoms with Crippen molar-refractivity contribution in [1.82, 2.24) is 20.3 Å². The van der Waals surface area contributed by atoms with Crippen LogP contribution in [-0.2, 0) is 0 Å². The van der Waals surface area contributed by atoms with Gasteiger partial charge in [-0.2, -0.15) is 5.26 Å². The number of hydrazine groups is 1. The van der Waals surface area contributed by atoms with Gasteiger partial charge in [0.1, 0.15) is 18.6 Å². The third-order valence-electron chi connectivity index (χ3n) is 6.09. The largest absolute Gasteiger partial charge is 0.368 e. The molecular weight excluding hydrogens is 426 g/mol. The molecule has 2 aromatic carbocycles. The number of nitrogens with one attached hydrogen (secondary N) is 2. The van der Waals surface area contributed by atoms with Crippen LogP contribution >= 0.6 is 0 Å². The number of piperazine rings is 1. The van der Waals surface area contributed by atoms with Crippen LogP contribution < -0.4 is 20.7 Å². The SMILES string of the molecule is CC1=NCN(c2ccc(Nc3nccc(-c4ccc(C#N)c(N5CCN(C)CC5)c4)n3)cc2)N1. The van der Waals surface area contributed by atoms with E-state index in [2.05, 4.69) is 49.7 Å². The van der Waals surface area contributed by atoms with Crippen LogP contribution in [0.5, 0.6) is 0 Å². The van der Waals surface area contributed by atoms with E-state index in [-0.39, 0.29) is 0 Å². The molecule has 0 radical (unpaired) electrons. The van der Waals surface area contributed by atoms with Crippen molar-refractivity contribution in [3.05, 3.63) is 60.3 Å². The molecule has 1 aromatic heterocycles. The van der Waals surface area contributed by atoms with Gasteiger partial charge in [-0.25, -0.2) is 15.0 Å². The summed E-state index contributed by atoms with van der Waals surface area (Å²) in [5, 5.41) is 14.9. The van der Waals surface area contributed by atoms with E-state index in [9.17, 15) is 5.26 Å². The van der Waals surface area contributed by atoms with E-state index in [1.54, 1.807) is 6.20 Å². The summed E-state index contributed by atoms with van der Waals surface area (Å²) in [6.45, 7) is 6.32. The maximum absolute atomic E-state index is 9.64. The number of benzene rings is 2. The molecule has 3 heterocycles. The minimum Gasteiger partial charge on any atom is -0.368 e. The highest BCUT2D eigenvalue weighted by molar-refractivity contribution is 5.83. The van der Waals surface area contributed by atoms with Gasteiger partial charge in [0.05, 0.1) is 22.6 Å². The molecule has 3 aromatic rings. The zero-order valence-corrected chi connectivity index (χ0v) is 19.4. The molecular formula is C25H27N9. The Morgan fingerprint density at radius 2 is 1.82 bits per heavy atom. The Bertz CT molecular complexity index is 1240. The molecule has 1 fully saturated rings. The molecule has 0 saturated carbocycles. The van der Waals surface area contributed by atoms with Crippen molar-refractivity contribution in [1.29, 1.82) is 5.26 Å². The van der Waals surface area contributed by atoms with E-state index < -0.39 is 0 Å². The van der Waals surface area contributed by atoms with E-state index in [1.807, 2.05) is 54.4 Å². The quantitative estimate of drug-likeness (QED) is 0.608. The molecule has 2 aliphatic heterocycles. The van der Waals surface area contributed by atoms with Gasteiger partial charge in [0.25, 0.3) is 0 Å². The van der Waals surface area contributed by atoms with Crippen LogP contribution in [0.2, 0.25) is 0 Å². The first-order chi connectivity index (χ1) is 16.6. The first-order valence-electron chi connectivity index (χ1n) is 11.3. The fraction of sp³-hybridized carbons (Fsp3) is 0.280. The van der Waals surface area contributed by atoms with Crippen molar-refractivity contribution < 1.29 is 0 Å². The first-order valence-corrected chi connectivity index (χ1v) is 11.3. The summed E-state index contributed by atoms with van der Waals surface area (Å²) < 4.78 is 0. The standard InChI is InChI=1S/C25H27N9/c1-18-28-17-34(31-18)22-7-5-21(6-8-22)29-25-27-10-9-23(30-25)19-3-4-20(16-26)24(15-19)33-13-11-32(2)12-14-33/h3-10,15H,11-14,17H2,1-2H3,(H,28,31)(H,27,29,30). The van der Waals surface area contributed by atoms with Crippen LogP contribution in [0.1, 0.15) is 12.5 Å². The van der Waals surface area contributed by atoms with E-state index in [0.717, 1.165) is 60.3 Å². The molecule has 172 valence electrons. The molecule has 9 nitrogen and oxygen atoms in total. The Morgan fingerprint density at radius 1 is 1.03 bits per heavy atom.